The van der Waals surface area contributed by atoms with Crippen molar-refractivity contribution in [3.05, 3.63) is 0 Å². The molecule has 0 aromatic rings. The van der Waals surface area contributed by atoms with Crippen molar-refractivity contribution in [2.75, 3.05) is 0 Å². The quantitative estimate of drug-likeness (QED) is 0.559. The Morgan fingerprint density at radius 2 is 1.83 bits per heavy atom. The van der Waals surface area contributed by atoms with Gasteiger partial charge >= 0.3 is 0 Å². The van der Waals surface area contributed by atoms with E-state index in [9.17, 15) is 9.59 Å². The van der Waals surface area contributed by atoms with E-state index < -0.39 is 0 Å². The highest BCUT2D eigenvalue weighted by atomic mass is 16.2. The van der Waals surface area contributed by atoms with Gasteiger partial charge in [-0.25, -0.2) is 0 Å². The lowest BCUT2D eigenvalue weighted by Gasteiger charge is -2.22. The van der Waals surface area contributed by atoms with Gasteiger partial charge in [-0.15, -0.1) is 0 Å². The van der Waals surface area contributed by atoms with Crippen LogP contribution in [0, 0.1) is 11.3 Å². The Kier molecular flexibility index (Phi) is 3.02. The van der Waals surface area contributed by atoms with Crippen LogP contribution in [0.15, 0.2) is 0 Å². The highest BCUT2D eigenvalue weighted by molar-refractivity contribution is 6.03. The number of carbonyl (C=O) groups is 2. The van der Waals surface area contributed by atoms with Gasteiger partial charge in [0.2, 0.25) is 11.8 Å². The average Bonchev–Trinajstić information content (AvgIpc) is 2.08. The van der Waals surface area contributed by atoms with Gasteiger partial charge in [-0.05, 0) is 5.41 Å². The molecule has 3 heteroatoms. The molecule has 0 spiro atoms. The van der Waals surface area contributed by atoms with E-state index in [1.807, 2.05) is 20.8 Å². The normalized spacial score (nSPS) is 23.4. The maximum atomic E-state index is 11.1. The van der Waals surface area contributed by atoms with Gasteiger partial charge in [0.25, 0.3) is 0 Å². The average molecular weight is 171 g/mol. The molecule has 70 valence electrons. The van der Waals surface area contributed by atoms with Crippen LogP contribution in [0.5, 0.6) is 0 Å². The number of nitrogens with one attached hydrogen (secondary N) is 1. The van der Waals surface area contributed by atoms with Gasteiger partial charge < -0.3 is 0 Å². The molecule has 1 N–H and O–H groups in total. The van der Waals surface area contributed by atoms with Crippen LogP contribution in [-0.2, 0) is 9.59 Å². The summed E-state index contributed by atoms with van der Waals surface area (Å²) in [4.78, 5) is 21.9. The minimum atomic E-state index is -0.144. The number of amides is 2. The van der Waals surface area contributed by atoms with Gasteiger partial charge in [0.05, 0.1) is 5.92 Å². The first-order valence-corrected chi connectivity index (χ1v) is 3.75. The van der Waals surface area contributed by atoms with Crippen LogP contribution >= 0.6 is 0 Å². The van der Waals surface area contributed by atoms with Gasteiger partial charge in [0.15, 0.2) is 0 Å². The van der Waals surface area contributed by atoms with Crippen molar-refractivity contribution in [1.29, 1.82) is 0 Å². The Bertz CT molecular complexity index is 203. The molecule has 12 heavy (non-hydrogen) atoms. The van der Waals surface area contributed by atoms with E-state index in [-0.39, 0.29) is 30.6 Å². The predicted molar refractivity (Wildman–Crippen MR) is 47.4 cm³/mol. The molecule has 1 unspecified atom stereocenters. The van der Waals surface area contributed by atoms with Gasteiger partial charge in [0.1, 0.15) is 0 Å². The van der Waals surface area contributed by atoms with Crippen LogP contribution in [0.3, 0.4) is 0 Å². The van der Waals surface area contributed by atoms with Crippen molar-refractivity contribution in [2.45, 2.75) is 34.6 Å². The molecule has 3 nitrogen and oxygen atoms in total. The van der Waals surface area contributed by atoms with E-state index in [2.05, 4.69) is 5.32 Å². The summed E-state index contributed by atoms with van der Waals surface area (Å²) in [6.45, 7) is 5.90. The van der Waals surface area contributed by atoms with Crippen LogP contribution < -0.4 is 5.32 Å². The molecule has 1 heterocycles. The Labute approximate surface area is 73.5 Å². The van der Waals surface area contributed by atoms with Gasteiger partial charge in [-0.1, -0.05) is 28.2 Å². The summed E-state index contributed by atoms with van der Waals surface area (Å²) < 4.78 is 0. The molecule has 1 saturated heterocycles. The molecule has 0 bridgehead atoms. The van der Waals surface area contributed by atoms with E-state index in [1.54, 1.807) is 0 Å². The molecule has 1 rings (SSSR count). The summed E-state index contributed by atoms with van der Waals surface area (Å²) >= 11 is 0. The summed E-state index contributed by atoms with van der Waals surface area (Å²) in [5, 5.41) is 2.30. The molecule has 0 radical (unpaired) electrons. The minimum Gasteiger partial charge on any atom is -0.296 e. The zero-order valence-electron chi connectivity index (χ0n) is 7.10. The third kappa shape index (κ3) is 2.06. The van der Waals surface area contributed by atoms with E-state index in [0.29, 0.717) is 6.42 Å². The van der Waals surface area contributed by atoms with Crippen LogP contribution in [0.25, 0.3) is 0 Å². The van der Waals surface area contributed by atoms with Crippen molar-refractivity contribution in [1.82, 2.24) is 5.32 Å². The van der Waals surface area contributed by atoms with Crippen LogP contribution in [0.1, 0.15) is 34.6 Å². The van der Waals surface area contributed by atoms with Crippen LogP contribution in [0.4, 0.5) is 0 Å². The first-order valence-electron chi connectivity index (χ1n) is 3.75. The molecule has 0 saturated carbocycles. The zero-order chi connectivity index (χ0) is 8.65. The third-order valence-corrected chi connectivity index (χ3v) is 2.01. The summed E-state index contributed by atoms with van der Waals surface area (Å²) in [5.74, 6) is -0.410. The highest BCUT2D eigenvalue weighted by Gasteiger charge is 2.38. The minimum absolute atomic E-state index is 0. The van der Waals surface area contributed by atoms with E-state index in [1.165, 1.54) is 0 Å². The van der Waals surface area contributed by atoms with E-state index in [0.717, 1.165) is 0 Å². The number of hydrogen-bond donors (Lipinski definition) is 1. The zero-order valence-corrected chi connectivity index (χ0v) is 7.10. The molecule has 1 aliphatic heterocycles. The van der Waals surface area contributed by atoms with Crippen molar-refractivity contribution >= 4 is 11.8 Å². The fourth-order valence-corrected chi connectivity index (χ4v) is 1.25. The standard InChI is InChI=1S/C8H13NO2.CH4/c1-8(2,3)5-4-6(10)9-7(5)11;/h5H,4H2,1-3H3,(H,9,10,11);1H4. The predicted octanol–water partition coefficient (Wildman–Crippen LogP) is 1.33. The molecule has 1 aliphatic rings. The highest BCUT2D eigenvalue weighted by Crippen LogP contribution is 2.31. The second-order valence-corrected chi connectivity index (χ2v) is 4.04. The summed E-state index contributed by atoms with van der Waals surface area (Å²) in [7, 11) is 0. The van der Waals surface area contributed by atoms with E-state index >= 15 is 0 Å². The fraction of sp³-hybridized carbons (Fsp3) is 0.778. The number of imide groups is 1. The molecule has 0 aromatic heterocycles. The van der Waals surface area contributed by atoms with Gasteiger partial charge in [-0.2, -0.15) is 0 Å². The first kappa shape index (κ1) is 11.1. The van der Waals surface area contributed by atoms with Crippen molar-refractivity contribution in [3.63, 3.8) is 0 Å². The maximum Gasteiger partial charge on any atom is 0.230 e. The Morgan fingerprint density at radius 1 is 1.33 bits per heavy atom. The Balaban J connectivity index is 0.00000121. The molecule has 2 amide bonds. The lowest BCUT2D eigenvalue weighted by molar-refractivity contribution is -0.127. The lowest BCUT2D eigenvalue weighted by Crippen LogP contribution is -2.29. The van der Waals surface area contributed by atoms with Crippen LogP contribution in [0.2, 0.25) is 0 Å². The monoisotopic (exact) mass is 171 g/mol. The molecular weight excluding hydrogens is 154 g/mol. The van der Waals surface area contributed by atoms with Crippen molar-refractivity contribution < 1.29 is 9.59 Å². The SMILES string of the molecule is C.CC(C)(C)C1CC(=O)NC1=O. The van der Waals surface area contributed by atoms with Gasteiger partial charge in [0, 0.05) is 6.42 Å². The number of rotatable bonds is 0. The van der Waals surface area contributed by atoms with Crippen molar-refractivity contribution in [3.8, 4) is 0 Å². The van der Waals surface area contributed by atoms with Crippen LogP contribution in [-0.4, -0.2) is 11.8 Å². The number of carbonyl (C=O) groups excluding carboxylic acids is 2. The molecule has 1 fully saturated rings. The molecule has 0 aromatic carbocycles. The topological polar surface area (TPSA) is 46.2 Å². The summed E-state index contributed by atoms with van der Waals surface area (Å²) in [6.07, 6.45) is 0.350. The lowest BCUT2D eigenvalue weighted by atomic mass is 9.80. The van der Waals surface area contributed by atoms with E-state index in [4.69, 9.17) is 0 Å². The van der Waals surface area contributed by atoms with Crippen molar-refractivity contribution in [2.24, 2.45) is 11.3 Å². The first-order chi connectivity index (χ1) is 4.91. The smallest absolute Gasteiger partial charge is 0.230 e. The summed E-state index contributed by atoms with van der Waals surface area (Å²) in [5.41, 5.74) is -0.101. The third-order valence-electron chi connectivity index (χ3n) is 2.01. The second kappa shape index (κ2) is 3.25. The maximum absolute atomic E-state index is 11.1. The molecular formula is C9H17NO2. The summed E-state index contributed by atoms with van der Waals surface area (Å²) in [6, 6.07) is 0. The van der Waals surface area contributed by atoms with Gasteiger partial charge in [-0.3, -0.25) is 14.9 Å². The second-order valence-electron chi connectivity index (χ2n) is 4.04. The Hall–Kier alpha value is -0.860. The fourth-order valence-electron chi connectivity index (χ4n) is 1.25. The molecule has 0 aliphatic carbocycles. The molecule has 1 atom stereocenters. The Morgan fingerprint density at radius 3 is 2.00 bits per heavy atom. The largest absolute Gasteiger partial charge is 0.296 e. The number of hydrogen-bond acceptors (Lipinski definition) is 2.